The summed E-state index contributed by atoms with van der Waals surface area (Å²) in [7, 11) is 1.52. The second kappa shape index (κ2) is 9.65. The van der Waals surface area contributed by atoms with Crippen LogP contribution in [0.25, 0.3) is 21.8 Å². The number of carbonyl (C=O) groups excluding carboxylic acids is 1. The minimum atomic E-state index is -0.711. The van der Waals surface area contributed by atoms with Crippen molar-refractivity contribution >= 4 is 28.8 Å². The van der Waals surface area contributed by atoms with E-state index in [2.05, 4.69) is 15.2 Å². The minimum Gasteiger partial charge on any atom is -0.496 e. The average Bonchev–Trinajstić information content (AvgIpc) is 3.31. The number of methoxy groups -OCH3 is 1. The molecule has 0 fully saturated rings. The Morgan fingerprint density at radius 2 is 1.91 bits per heavy atom. The number of hydrogen-bond donors (Lipinski definition) is 1. The van der Waals surface area contributed by atoms with E-state index < -0.39 is 5.91 Å². The first-order chi connectivity index (χ1) is 16.0. The third kappa shape index (κ3) is 4.77. The van der Waals surface area contributed by atoms with Crippen molar-refractivity contribution in [2.24, 2.45) is 5.73 Å². The number of pyridine rings is 1. The van der Waals surface area contributed by atoms with Crippen molar-refractivity contribution in [3.8, 4) is 39.4 Å². The van der Waals surface area contributed by atoms with E-state index in [9.17, 15) is 10.1 Å². The Labute approximate surface area is 198 Å². The zero-order chi connectivity index (χ0) is 23.4. The van der Waals surface area contributed by atoms with Crippen LogP contribution in [0.15, 0.2) is 54.6 Å². The molecule has 1 amide bonds. The highest BCUT2D eigenvalue weighted by molar-refractivity contribution is 7.14. The maximum Gasteiger partial charge on any atom is 0.251 e. The third-order valence-corrected chi connectivity index (χ3v) is 5.78. The molecule has 2 aromatic carbocycles. The van der Waals surface area contributed by atoms with Gasteiger partial charge >= 0.3 is 0 Å². The van der Waals surface area contributed by atoms with Gasteiger partial charge in [0.2, 0.25) is 0 Å². The Morgan fingerprint density at radius 1 is 1.15 bits per heavy atom. The molecule has 0 aliphatic carbocycles. The maximum absolute atomic E-state index is 12.5. The van der Waals surface area contributed by atoms with Gasteiger partial charge in [0.05, 0.1) is 12.7 Å². The fraction of sp³-hybridized carbons (Fsp3) is 0.0870. The Morgan fingerprint density at radius 3 is 2.61 bits per heavy atom. The van der Waals surface area contributed by atoms with E-state index in [0.717, 1.165) is 0 Å². The zero-order valence-electron chi connectivity index (χ0n) is 17.3. The number of nitrogens with zero attached hydrogens (tertiary/aromatic N) is 4. The first-order valence-electron chi connectivity index (χ1n) is 9.59. The third-order valence-electron chi connectivity index (χ3n) is 4.62. The number of aromatic nitrogens is 3. The number of nitriles is 1. The topological polar surface area (TPSA) is 124 Å². The molecule has 0 aliphatic rings. The smallest absolute Gasteiger partial charge is 0.251 e. The molecule has 2 aromatic heterocycles. The molecular weight excluding hydrogens is 462 g/mol. The summed E-state index contributed by atoms with van der Waals surface area (Å²) in [5.74, 6) is 0.435. The molecule has 4 rings (SSSR count). The fourth-order valence-corrected chi connectivity index (χ4v) is 4.04. The van der Waals surface area contributed by atoms with Crippen LogP contribution >= 0.6 is 22.9 Å². The minimum absolute atomic E-state index is 0.102. The molecule has 164 valence electrons. The summed E-state index contributed by atoms with van der Waals surface area (Å²) < 4.78 is 11.1. The average molecular weight is 478 g/mol. The second-order valence-electron chi connectivity index (χ2n) is 6.70. The van der Waals surface area contributed by atoms with E-state index in [1.165, 1.54) is 24.5 Å². The van der Waals surface area contributed by atoms with Crippen molar-refractivity contribution < 1.29 is 14.3 Å². The lowest BCUT2D eigenvalue weighted by Gasteiger charge is -2.14. The van der Waals surface area contributed by atoms with Crippen LogP contribution in [0.5, 0.6) is 11.5 Å². The quantitative estimate of drug-likeness (QED) is 0.416. The number of ether oxygens (including phenoxy) is 2. The van der Waals surface area contributed by atoms with Crippen LogP contribution in [0.3, 0.4) is 0 Å². The molecule has 8 nitrogen and oxygen atoms in total. The molecule has 33 heavy (non-hydrogen) atoms. The maximum atomic E-state index is 12.5. The van der Waals surface area contributed by atoms with Crippen LogP contribution in [0.2, 0.25) is 5.02 Å². The Balaban J connectivity index is 1.76. The molecule has 0 bridgehead atoms. The number of nitrogens with two attached hydrogens (primary N) is 1. The van der Waals surface area contributed by atoms with Gasteiger partial charge in [-0.15, -0.1) is 10.2 Å². The van der Waals surface area contributed by atoms with E-state index in [1.54, 1.807) is 48.5 Å². The van der Waals surface area contributed by atoms with Gasteiger partial charge in [0.25, 0.3) is 5.91 Å². The van der Waals surface area contributed by atoms with Crippen molar-refractivity contribution in [3.63, 3.8) is 0 Å². The van der Waals surface area contributed by atoms with Gasteiger partial charge in [-0.2, -0.15) is 5.26 Å². The molecule has 2 heterocycles. The Kier molecular flexibility index (Phi) is 6.49. The summed E-state index contributed by atoms with van der Waals surface area (Å²) in [5.41, 5.74) is 7.18. The van der Waals surface area contributed by atoms with Crippen LogP contribution in [0.1, 0.15) is 21.1 Å². The van der Waals surface area contributed by atoms with Crippen molar-refractivity contribution in [1.29, 1.82) is 5.26 Å². The van der Waals surface area contributed by atoms with Gasteiger partial charge in [-0.25, -0.2) is 4.98 Å². The molecule has 0 spiro atoms. The van der Waals surface area contributed by atoms with Gasteiger partial charge in [-0.05, 0) is 36.4 Å². The zero-order valence-corrected chi connectivity index (χ0v) is 18.9. The number of rotatable bonds is 7. The molecule has 0 saturated carbocycles. The van der Waals surface area contributed by atoms with Gasteiger partial charge in [-0.3, -0.25) is 4.79 Å². The molecule has 2 N–H and O–H groups in total. The first kappa shape index (κ1) is 22.2. The summed E-state index contributed by atoms with van der Waals surface area (Å²) in [6.45, 7) is 0.155. The van der Waals surface area contributed by atoms with E-state index in [1.807, 2.05) is 6.07 Å². The van der Waals surface area contributed by atoms with Crippen molar-refractivity contribution in [3.05, 3.63) is 75.9 Å². The number of amides is 1. The summed E-state index contributed by atoms with van der Waals surface area (Å²) in [6.07, 6.45) is 0. The van der Waals surface area contributed by atoms with Crippen LogP contribution in [0, 0.1) is 11.3 Å². The van der Waals surface area contributed by atoms with E-state index in [0.29, 0.717) is 37.7 Å². The van der Waals surface area contributed by atoms with Gasteiger partial charge in [0, 0.05) is 16.1 Å². The van der Waals surface area contributed by atoms with Crippen LogP contribution in [0.4, 0.5) is 0 Å². The molecule has 10 heteroatoms. The van der Waals surface area contributed by atoms with Crippen LogP contribution in [-0.2, 0) is 6.61 Å². The molecule has 4 aromatic rings. The second-order valence-corrected chi connectivity index (χ2v) is 8.20. The van der Waals surface area contributed by atoms with Crippen molar-refractivity contribution in [2.75, 3.05) is 7.11 Å². The Bertz CT molecular complexity index is 1370. The summed E-state index contributed by atoms with van der Waals surface area (Å²) >= 11 is 7.08. The summed E-state index contributed by atoms with van der Waals surface area (Å²) in [5, 5.41) is 19.3. The normalized spacial score (nSPS) is 10.5. The molecule has 0 aliphatic heterocycles. The first-order valence-corrected chi connectivity index (χ1v) is 10.8. The van der Waals surface area contributed by atoms with E-state index in [-0.39, 0.29) is 23.6 Å². The van der Waals surface area contributed by atoms with E-state index >= 15 is 0 Å². The predicted octanol–water partition coefficient (Wildman–Crippen LogP) is 4.48. The van der Waals surface area contributed by atoms with Gasteiger partial charge in [-0.1, -0.05) is 41.1 Å². The predicted molar refractivity (Wildman–Crippen MR) is 124 cm³/mol. The molecule has 0 radical (unpaired) electrons. The van der Waals surface area contributed by atoms with Crippen molar-refractivity contribution in [2.45, 2.75) is 6.61 Å². The van der Waals surface area contributed by atoms with Crippen LogP contribution in [-0.4, -0.2) is 28.2 Å². The summed E-state index contributed by atoms with van der Waals surface area (Å²) in [6, 6.07) is 17.6. The van der Waals surface area contributed by atoms with E-state index in [4.69, 9.17) is 26.8 Å². The molecular formula is C23H16ClN5O3S. The molecule has 0 saturated heterocycles. The van der Waals surface area contributed by atoms with Gasteiger partial charge in [0.15, 0.2) is 10.0 Å². The molecule has 0 atom stereocenters. The van der Waals surface area contributed by atoms with Gasteiger partial charge in [0.1, 0.15) is 35.6 Å². The number of primary amides is 1. The summed E-state index contributed by atoms with van der Waals surface area (Å²) in [4.78, 5) is 16.8. The van der Waals surface area contributed by atoms with Crippen LogP contribution < -0.4 is 15.2 Å². The number of halogens is 1. The fourth-order valence-electron chi connectivity index (χ4n) is 3.17. The molecule has 0 unspecified atom stereocenters. The highest BCUT2D eigenvalue weighted by Crippen LogP contribution is 2.37. The number of carbonyl (C=O) groups is 1. The largest absolute Gasteiger partial charge is 0.496 e. The number of hydrogen-bond acceptors (Lipinski definition) is 8. The Hall–Kier alpha value is -4.00. The number of para-hydroxylation sites is 1. The lowest BCUT2D eigenvalue weighted by atomic mass is 9.96. The van der Waals surface area contributed by atoms with Crippen molar-refractivity contribution in [1.82, 2.24) is 15.2 Å². The highest BCUT2D eigenvalue weighted by Gasteiger charge is 2.24. The lowest BCUT2D eigenvalue weighted by Crippen LogP contribution is -2.16. The SMILES string of the molecule is COc1ccccc1-c1cc(C#N)nc(-c2nnc(COc3ccc(Cl)cc3)s2)c1C(N)=O. The monoisotopic (exact) mass is 477 g/mol. The number of benzene rings is 2. The standard InChI is InChI=1S/C23H16ClN5O3S/c1-31-18-5-3-2-4-16(18)17-10-14(11-25)27-21(20(17)22(26)30)23-29-28-19(33-23)12-32-15-8-6-13(24)7-9-15/h2-10H,12H2,1H3,(H2,26,30). The lowest BCUT2D eigenvalue weighted by molar-refractivity contribution is 0.100. The van der Waals surface area contributed by atoms with Gasteiger partial charge < -0.3 is 15.2 Å². The highest BCUT2D eigenvalue weighted by atomic mass is 35.5.